The van der Waals surface area contributed by atoms with Crippen LogP contribution in [0, 0.1) is 0 Å². The number of hydrogen-bond acceptors (Lipinski definition) is 2. The van der Waals surface area contributed by atoms with Crippen LogP contribution in [0.1, 0.15) is 31.2 Å². The molecule has 0 aliphatic heterocycles. The van der Waals surface area contributed by atoms with Crippen molar-refractivity contribution in [2.75, 3.05) is 5.32 Å². The van der Waals surface area contributed by atoms with Gasteiger partial charge in [0.2, 0.25) is 0 Å². The van der Waals surface area contributed by atoms with Crippen molar-refractivity contribution in [1.82, 2.24) is 5.32 Å². The summed E-state index contributed by atoms with van der Waals surface area (Å²) in [5.74, 6) is -1.95. The third-order valence-electron chi connectivity index (χ3n) is 3.39. The lowest BCUT2D eigenvalue weighted by atomic mass is 10.1. The summed E-state index contributed by atoms with van der Waals surface area (Å²) in [6.07, 6.45) is -0.133. The normalized spacial score (nSPS) is 16.4. The highest BCUT2D eigenvalue weighted by Gasteiger charge is 2.38. The largest absolute Gasteiger partial charge is 0.471 e. The molecule has 2 N–H and O–H groups in total. The zero-order chi connectivity index (χ0) is 14.6. The van der Waals surface area contributed by atoms with Crippen LogP contribution in [0.4, 0.5) is 18.9 Å². The summed E-state index contributed by atoms with van der Waals surface area (Å²) < 4.78 is 36.5. The van der Waals surface area contributed by atoms with Crippen LogP contribution in [0.3, 0.4) is 0 Å². The van der Waals surface area contributed by atoms with Gasteiger partial charge in [-0.15, -0.1) is 0 Å². The molecule has 1 aliphatic carbocycles. The zero-order valence-corrected chi connectivity index (χ0v) is 11.0. The number of anilines is 1. The van der Waals surface area contributed by atoms with Gasteiger partial charge in [-0.1, -0.05) is 25.0 Å². The summed E-state index contributed by atoms with van der Waals surface area (Å²) in [6.45, 7) is 0.598. The van der Waals surface area contributed by atoms with Gasteiger partial charge in [0, 0.05) is 18.3 Å². The molecule has 0 atom stereocenters. The van der Waals surface area contributed by atoms with Crippen LogP contribution < -0.4 is 10.6 Å². The number of rotatable bonds is 4. The van der Waals surface area contributed by atoms with E-state index < -0.39 is 12.1 Å². The van der Waals surface area contributed by atoms with E-state index in [0.29, 0.717) is 12.6 Å². The molecule has 1 aromatic carbocycles. The molecular weight excluding hydrogens is 269 g/mol. The molecule has 0 unspecified atom stereocenters. The SMILES string of the molecule is O=C(Nc1cccc(CNC2CCCC2)c1)C(F)(F)F. The van der Waals surface area contributed by atoms with Crippen LogP contribution in [-0.2, 0) is 11.3 Å². The van der Waals surface area contributed by atoms with Gasteiger partial charge in [-0.05, 0) is 30.5 Å². The Balaban J connectivity index is 1.91. The maximum Gasteiger partial charge on any atom is 0.471 e. The molecule has 1 aliphatic rings. The molecule has 0 bridgehead atoms. The lowest BCUT2D eigenvalue weighted by molar-refractivity contribution is -0.167. The number of carbonyl (C=O) groups excluding carboxylic acids is 1. The van der Waals surface area contributed by atoms with E-state index in [1.807, 2.05) is 11.4 Å². The first-order chi connectivity index (χ1) is 9.45. The van der Waals surface area contributed by atoms with E-state index in [0.717, 1.165) is 18.4 Å². The second-order valence-electron chi connectivity index (χ2n) is 5.01. The molecule has 6 heteroatoms. The number of amides is 1. The Morgan fingerprint density at radius 2 is 1.95 bits per heavy atom. The Bertz CT molecular complexity index is 468. The molecule has 0 spiro atoms. The van der Waals surface area contributed by atoms with Crippen LogP contribution in [-0.4, -0.2) is 18.1 Å². The van der Waals surface area contributed by atoms with Crippen molar-refractivity contribution in [2.24, 2.45) is 0 Å². The highest BCUT2D eigenvalue weighted by atomic mass is 19.4. The highest BCUT2D eigenvalue weighted by Crippen LogP contribution is 2.20. The van der Waals surface area contributed by atoms with Crippen LogP contribution in [0.25, 0.3) is 0 Å². The smallest absolute Gasteiger partial charge is 0.318 e. The summed E-state index contributed by atoms with van der Waals surface area (Å²) in [5.41, 5.74) is 1.02. The maximum atomic E-state index is 12.2. The second-order valence-corrected chi connectivity index (χ2v) is 5.01. The van der Waals surface area contributed by atoms with Gasteiger partial charge in [-0.2, -0.15) is 13.2 Å². The average molecular weight is 286 g/mol. The van der Waals surface area contributed by atoms with E-state index in [2.05, 4.69) is 5.32 Å². The molecule has 1 aromatic rings. The molecule has 20 heavy (non-hydrogen) atoms. The van der Waals surface area contributed by atoms with Crippen LogP contribution in [0.5, 0.6) is 0 Å². The van der Waals surface area contributed by atoms with E-state index in [4.69, 9.17) is 0 Å². The maximum absolute atomic E-state index is 12.2. The molecule has 1 saturated carbocycles. The molecule has 3 nitrogen and oxygen atoms in total. The predicted molar refractivity (Wildman–Crippen MR) is 70.2 cm³/mol. The Kier molecular flexibility index (Phi) is 4.65. The zero-order valence-electron chi connectivity index (χ0n) is 11.0. The molecule has 0 radical (unpaired) electrons. The molecule has 0 heterocycles. The highest BCUT2D eigenvalue weighted by molar-refractivity contribution is 5.94. The summed E-state index contributed by atoms with van der Waals surface area (Å²) in [5, 5.41) is 5.23. The van der Waals surface area contributed by atoms with Gasteiger partial charge in [0.15, 0.2) is 0 Å². The molecule has 1 fully saturated rings. The summed E-state index contributed by atoms with van der Waals surface area (Å²) in [6, 6.07) is 6.96. The van der Waals surface area contributed by atoms with E-state index in [9.17, 15) is 18.0 Å². The lowest BCUT2D eigenvalue weighted by Gasteiger charge is -2.13. The van der Waals surface area contributed by atoms with Crippen molar-refractivity contribution >= 4 is 11.6 Å². The fourth-order valence-corrected chi connectivity index (χ4v) is 2.35. The first-order valence-corrected chi connectivity index (χ1v) is 6.65. The van der Waals surface area contributed by atoms with E-state index in [1.54, 1.807) is 12.1 Å². The van der Waals surface area contributed by atoms with Gasteiger partial charge in [0.1, 0.15) is 0 Å². The first-order valence-electron chi connectivity index (χ1n) is 6.65. The van der Waals surface area contributed by atoms with Crippen molar-refractivity contribution < 1.29 is 18.0 Å². The third kappa shape index (κ3) is 4.23. The fraction of sp³-hybridized carbons (Fsp3) is 0.500. The molecule has 2 rings (SSSR count). The summed E-state index contributed by atoms with van der Waals surface area (Å²) >= 11 is 0. The first kappa shape index (κ1) is 14.8. The molecule has 110 valence electrons. The number of carbonyl (C=O) groups is 1. The Morgan fingerprint density at radius 3 is 2.60 bits per heavy atom. The van der Waals surface area contributed by atoms with Crippen LogP contribution in [0.15, 0.2) is 24.3 Å². The number of benzene rings is 1. The minimum atomic E-state index is -4.86. The second kappa shape index (κ2) is 6.26. The van der Waals surface area contributed by atoms with Crippen molar-refractivity contribution in [2.45, 2.75) is 44.4 Å². The summed E-state index contributed by atoms with van der Waals surface area (Å²) in [7, 11) is 0. The minimum absolute atomic E-state index is 0.165. The molecule has 0 aromatic heterocycles. The lowest BCUT2D eigenvalue weighted by Crippen LogP contribution is -2.30. The van der Waals surface area contributed by atoms with Crippen molar-refractivity contribution in [3.05, 3.63) is 29.8 Å². The monoisotopic (exact) mass is 286 g/mol. The minimum Gasteiger partial charge on any atom is -0.318 e. The topological polar surface area (TPSA) is 41.1 Å². The van der Waals surface area contributed by atoms with Crippen molar-refractivity contribution in [3.63, 3.8) is 0 Å². The van der Waals surface area contributed by atoms with Gasteiger partial charge in [0.05, 0.1) is 0 Å². The van der Waals surface area contributed by atoms with Gasteiger partial charge in [0.25, 0.3) is 0 Å². The van der Waals surface area contributed by atoms with Gasteiger partial charge in [-0.3, -0.25) is 4.79 Å². The van der Waals surface area contributed by atoms with E-state index in [-0.39, 0.29) is 5.69 Å². The van der Waals surface area contributed by atoms with Crippen molar-refractivity contribution in [3.8, 4) is 0 Å². The van der Waals surface area contributed by atoms with Gasteiger partial charge >= 0.3 is 12.1 Å². The van der Waals surface area contributed by atoms with Crippen LogP contribution >= 0.6 is 0 Å². The number of alkyl halides is 3. The average Bonchev–Trinajstić information content (AvgIpc) is 2.89. The van der Waals surface area contributed by atoms with Crippen molar-refractivity contribution in [1.29, 1.82) is 0 Å². The standard InChI is InChI=1S/C14H17F3N2O/c15-14(16,17)13(20)19-12-7-3-4-10(8-12)9-18-11-5-1-2-6-11/h3-4,7-8,11,18H,1-2,5-6,9H2,(H,19,20). The van der Waals surface area contributed by atoms with Crippen LogP contribution in [0.2, 0.25) is 0 Å². The molecular formula is C14H17F3N2O. The number of halogens is 3. The molecule has 0 saturated heterocycles. The van der Waals surface area contributed by atoms with E-state index >= 15 is 0 Å². The summed E-state index contributed by atoms with van der Waals surface area (Å²) in [4.78, 5) is 10.9. The Hall–Kier alpha value is -1.56. The van der Waals surface area contributed by atoms with E-state index in [1.165, 1.54) is 18.9 Å². The van der Waals surface area contributed by atoms with Gasteiger partial charge in [-0.25, -0.2) is 0 Å². The quantitative estimate of drug-likeness (QED) is 0.892. The Labute approximate surface area is 115 Å². The predicted octanol–water partition coefficient (Wildman–Crippen LogP) is 3.22. The number of nitrogens with one attached hydrogen (secondary N) is 2. The third-order valence-corrected chi connectivity index (χ3v) is 3.39. The Morgan fingerprint density at radius 1 is 1.25 bits per heavy atom. The molecule has 1 amide bonds. The van der Waals surface area contributed by atoms with Gasteiger partial charge < -0.3 is 10.6 Å². The number of hydrogen-bond donors (Lipinski definition) is 2. The fourth-order valence-electron chi connectivity index (χ4n) is 2.35.